The number of rotatable bonds is 5. The van der Waals surface area contributed by atoms with Gasteiger partial charge in [-0.1, -0.05) is 73.7 Å². The number of nitrogens with one attached hydrogen (secondary N) is 1. The van der Waals surface area contributed by atoms with Crippen LogP contribution < -0.4 is 10.2 Å². The second kappa shape index (κ2) is 9.05. The largest absolute Gasteiger partial charge is 0.324 e. The Hall–Kier alpha value is -2.68. The molecular formula is C23H20ClN3O3S2. The van der Waals surface area contributed by atoms with Crippen molar-refractivity contribution in [2.75, 3.05) is 23.3 Å². The zero-order valence-electron chi connectivity index (χ0n) is 17.4. The van der Waals surface area contributed by atoms with Crippen molar-refractivity contribution in [1.82, 2.24) is 4.90 Å². The van der Waals surface area contributed by atoms with Gasteiger partial charge >= 0.3 is 0 Å². The standard InChI is InChI=1S/C23H20ClN3O3S2/c1-13(2)11-27-22(30)20(32-23(27)31)19-16-8-3-4-9-17(16)26(21(19)29)12-18(28)25-15-7-5-6-14(24)10-15/h3-10,13H,11-12H2,1-2H3,(H,25,28)/b20-19+. The maximum Gasteiger partial charge on any atom is 0.267 e. The number of carbonyl (C=O) groups is 3. The van der Waals surface area contributed by atoms with Crippen molar-refractivity contribution in [2.45, 2.75) is 13.8 Å². The Morgan fingerprint density at radius 3 is 2.56 bits per heavy atom. The Bertz CT molecular complexity index is 1180. The fourth-order valence-electron chi connectivity index (χ4n) is 3.64. The molecule has 6 nitrogen and oxygen atoms in total. The number of anilines is 2. The molecule has 9 heteroatoms. The van der Waals surface area contributed by atoms with Crippen molar-refractivity contribution in [1.29, 1.82) is 0 Å². The van der Waals surface area contributed by atoms with Gasteiger partial charge in [-0.2, -0.15) is 0 Å². The molecule has 0 spiro atoms. The fourth-order valence-corrected chi connectivity index (χ4v) is 5.18. The first-order chi connectivity index (χ1) is 15.3. The number of thioether (sulfide) groups is 1. The van der Waals surface area contributed by atoms with Crippen LogP contribution in [0.3, 0.4) is 0 Å². The van der Waals surface area contributed by atoms with Crippen molar-refractivity contribution >= 4 is 74.6 Å². The molecule has 0 radical (unpaired) electrons. The number of fused-ring (bicyclic) bond motifs is 1. The Kier molecular flexibility index (Phi) is 6.37. The van der Waals surface area contributed by atoms with Gasteiger partial charge in [0.25, 0.3) is 11.8 Å². The summed E-state index contributed by atoms with van der Waals surface area (Å²) < 4.78 is 0.439. The number of hydrogen-bond donors (Lipinski definition) is 1. The number of para-hydroxylation sites is 1. The van der Waals surface area contributed by atoms with E-state index in [-0.39, 0.29) is 24.3 Å². The first-order valence-corrected chi connectivity index (χ1v) is 11.6. The lowest BCUT2D eigenvalue weighted by molar-refractivity contribution is -0.122. The second-order valence-electron chi connectivity index (χ2n) is 7.85. The number of amides is 3. The maximum atomic E-state index is 13.4. The van der Waals surface area contributed by atoms with E-state index in [1.165, 1.54) is 9.80 Å². The van der Waals surface area contributed by atoms with Crippen LogP contribution >= 0.6 is 35.6 Å². The molecule has 3 amide bonds. The van der Waals surface area contributed by atoms with E-state index < -0.39 is 5.91 Å². The highest BCUT2D eigenvalue weighted by Crippen LogP contribution is 2.44. The average molecular weight is 486 g/mol. The van der Waals surface area contributed by atoms with Crippen molar-refractivity contribution in [2.24, 2.45) is 5.92 Å². The first-order valence-electron chi connectivity index (χ1n) is 10.0. The van der Waals surface area contributed by atoms with Gasteiger partial charge in [-0.25, -0.2) is 0 Å². The molecule has 2 heterocycles. The average Bonchev–Trinajstić information content (AvgIpc) is 3.15. The van der Waals surface area contributed by atoms with Crippen LogP contribution in [0.5, 0.6) is 0 Å². The predicted octanol–water partition coefficient (Wildman–Crippen LogP) is 4.55. The zero-order chi connectivity index (χ0) is 23.0. The van der Waals surface area contributed by atoms with Gasteiger partial charge in [-0.3, -0.25) is 24.2 Å². The van der Waals surface area contributed by atoms with Crippen LogP contribution in [0.4, 0.5) is 11.4 Å². The summed E-state index contributed by atoms with van der Waals surface area (Å²) in [4.78, 5) is 42.4. The van der Waals surface area contributed by atoms with Crippen molar-refractivity contribution in [3.05, 3.63) is 64.0 Å². The number of benzene rings is 2. The monoisotopic (exact) mass is 485 g/mol. The summed E-state index contributed by atoms with van der Waals surface area (Å²) in [6, 6.07) is 13.9. The fraction of sp³-hybridized carbons (Fsp3) is 0.217. The molecule has 0 atom stereocenters. The third kappa shape index (κ3) is 4.30. The molecule has 2 aliphatic rings. The quantitative estimate of drug-likeness (QED) is 0.497. The molecule has 0 saturated carbocycles. The highest BCUT2D eigenvalue weighted by molar-refractivity contribution is 8.26. The maximum absolute atomic E-state index is 13.4. The molecule has 1 saturated heterocycles. The van der Waals surface area contributed by atoms with Crippen molar-refractivity contribution in [3.63, 3.8) is 0 Å². The third-order valence-electron chi connectivity index (χ3n) is 4.96. The van der Waals surface area contributed by atoms with Crippen molar-refractivity contribution < 1.29 is 14.4 Å². The minimum absolute atomic E-state index is 0.196. The predicted molar refractivity (Wildman–Crippen MR) is 133 cm³/mol. The van der Waals surface area contributed by atoms with E-state index >= 15 is 0 Å². The van der Waals surface area contributed by atoms with E-state index in [4.69, 9.17) is 23.8 Å². The van der Waals surface area contributed by atoms with Crippen LogP contribution in [0.15, 0.2) is 53.4 Å². The summed E-state index contributed by atoms with van der Waals surface area (Å²) in [5.41, 5.74) is 2.04. The molecule has 164 valence electrons. The SMILES string of the molecule is CC(C)CN1C(=O)/C(=C2\C(=O)N(CC(=O)Nc3cccc(Cl)c3)c3ccccc32)SC1=S. The molecule has 0 aromatic heterocycles. The molecule has 2 aliphatic heterocycles. The van der Waals surface area contributed by atoms with Crippen LogP contribution in [-0.2, 0) is 14.4 Å². The Morgan fingerprint density at radius 1 is 1.09 bits per heavy atom. The summed E-state index contributed by atoms with van der Waals surface area (Å²) in [6.45, 7) is 4.30. The van der Waals surface area contributed by atoms with Crippen LogP contribution in [0.1, 0.15) is 19.4 Å². The van der Waals surface area contributed by atoms with Crippen molar-refractivity contribution in [3.8, 4) is 0 Å². The molecule has 32 heavy (non-hydrogen) atoms. The Morgan fingerprint density at radius 2 is 1.84 bits per heavy atom. The van der Waals surface area contributed by atoms with Gasteiger partial charge in [-0.15, -0.1) is 0 Å². The van der Waals surface area contributed by atoms with E-state index in [1.54, 1.807) is 48.5 Å². The molecule has 0 aliphatic carbocycles. The van der Waals surface area contributed by atoms with Gasteiger partial charge in [0.05, 0.1) is 16.2 Å². The molecule has 2 aromatic rings. The number of thiocarbonyl (C=S) groups is 1. The normalized spacial score (nSPS) is 18.1. The van der Waals surface area contributed by atoms with Crippen LogP contribution in [0.2, 0.25) is 5.02 Å². The summed E-state index contributed by atoms with van der Waals surface area (Å²) in [5.74, 6) is -0.793. The molecule has 1 N–H and O–H groups in total. The highest BCUT2D eigenvalue weighted by atomic mass is 35.5. The van der Waals surface area contributed by atoms with Gasteiger partial charge in [-0.05, 0) is 30.2 Å². The van der Waals surface area contributed by atoms with E-state index in [2.05, 4.69) is 5.32 Å². The lowest BCUT2D eigenvalue weighted by Crippen LogP contribution is -2.36. The van der Waals surface area contributed by atoms with Gasteiger partial charge in [0.15, 0.2) is 0 Å². The first kappa shape index (κ1) is 22.5. The molecule has 2 aromatic carbocycles. The number of halogens is 1. The minimum Gasteiger partial charge on any atom is -0.324 e. The van der Waals surface area contributed by atoms with Crippen LogP contribution in [0.25, 0.3) is 5.57 Å². The molecular weight excluding hydrogens is 466 g/mol. The van der Waals surface area contributed by atoms with E-state index in [9.17, 15) is 14.4 Å². The lowest BCUT2D eigenvalue weighted by atomic mass is 10.1. The van der Waals surface area contributed by atoms with E-state index in [1.807, 2.05) is 13.8 Å². The zero-order valence-corrected chi connectivity index (χ0v) is 19.8. The smallest absolute Gasteiger partial charge is 0.267 e. The molecule has 0 unspecified atom stereocenters. The minimum atomic E-state index is -0.391. The number of carbonyl (C=O) groups excluding carboxylic acids is 3. The lowest BCUT2D eigenvalue weighted by Gasteiger charge is -2.17. The van der Waals surface area contributed by atoms with Gasteiger partial charge in [0.2, 0.25) is 5.91 Å². The van der Waals surface area contributed by atoms with Gasteiger partial charge < -0.3 is 5.32 Å². The van der Waals surface area contributed by atoms with Crippen LogP contribution in [0, 0.1) is 5.92 Å². The number of hydrogen-bond acceptors (Lipinski definition) is 5. The van der Waals surface area contributed by atoms with Crippen LogP contribution in [-0.4, -0.2) is 40.0 Å². The Labute approximate surface area is 200 Å². The Balaban J connectivity index is 1.64. The summed E-state index contributed by atoms with van der Waals surface area (Å²) in [5, 5.41) is 3.25. The van der Waals surface area contributed by atoms with Gasteiger partial charge in [0, 0.05) is 22.8 Å². The summed E-state index contributed by atoms with van der Waals surface area (Å²) >= 11 is 12.5. The highest BCUT2D eigenvalue weighted by Gasteiger charge is 2.42. The molecule has 4 rings (SSSR count). The molecule has 1 fully saturated rings. The third-order valence-corrected chi connectivity index (χ3v) is 6.64. The topological polar surface area (TPSA) is 69.7 Å². The van der Waals surface area contributed by atoms with Gasteiger partial charge in [0.1, 0.15) is 10.9 Å². The summed E-state index contributed by atoms with van der Waals surface area (Å²) in [7, 11) is 0. The molecule has 0 bridgehead atoms. The van der Waals surface area contributed by atoms with E-state index in [0.29, 0.717) is 43.3 Å². The summed E-state index contributed by atoms with van der Waals surface area (Å²) in [6.07, 6.45) is 0. The second-order valence-corrected chi connectivity index (χ2v) is 9.93. The number of nitrogens with zero attached hydrogens (tertiary/aromatic N) is 2. The van der Waals surface area contributed by atoms with E-state index in [0.717, 1.165) is 11.8 Å².